The minimum Gasteiger partial charge on any atom is -0.507 e. The van der Waals surface area contributed by atoms with E-state index in [-0.39, 0.29) is 51.3 Å². The number of aromatic hydroxyl groups is 1. The molecule has 5 rings (SSSR count). The summed E-state index contributed by atoms with van der Waals surface area (Å²) < 4.78 is 16.7. The highest BCUT2D eigenvalue weighted by molar-refractivity contribution is 6.30. The zero-order valence-corrected chi connectivity index (χ0v) is 21.3. The van der Waals surface area contributed by atoms with Crippen molar-refractivity contribution < 1.29 is 49.0 Å². The number of rotatable bonds is 5. The fourth-order valence-corrected chi connectivity index (χ4v) is 5.01. The summed E-state index contributed by atoms with van der Waals surface area (Å²) in [6.07, 6.45) is -3.50. The molecule has 11 nitrogen and oxygen atoms in total. The van der Waals surface area contributed by atoms with Crippen LogP contribution >= 0.6 is 0 Å². The van der Waals surface area contributed by atoms with Crippen molar-refractivity contribution in [3.63, 3.8) is 0 Å². The topological polar surface area (TPSA) is 176 Å². The summed E-state index contributed by atoms with van der Waals surface area (Å²) in [7, 11) is 0. The van der Waals surface area contributed by atoms with Gasteiger partial charge in [0.25, 0.3) is 0 Å². The SMILES string of the molecule is CC(=O)Oc1ccc2c(c1)C(=O)c1c(Cc3cc[nH]c3)c(O[C@H]3O[C@@H](C)[C@@H](O)[C@@H](O)[C@H]3O)c(C)c(O)c1C2=O. The number of phenols is 1. The van der Waals surface area contributed by atoms with Crippen LogP contribution < -0.4 is 9.47 Å². The van der Waals surface area contributed by atoms with Crippen LogP contribution in [0.2, 0.25) is 0 Å². The summed E-state index contributed by atoms with van der Waals surface area (Å²) in [6, 6.07) is 5.81. The Morgan fingerprint density at radius 1 is 1.03 bits per heavy atom. The number of benzene rings is 2. The lowest BCUT2D eigenvalue weighted by Crippen LogP contribution is -2.58. The minimum absolute atomic E-state index is 0.0168. The van der Waals surface area contributed by atoms with Gasteiger partial charge in [-0.25, -0.2) is 0 Å². The largest absolute Gasteiger partial charge is 0.507 e. The van der Waals surface area contributed by atoms with E-state index < -0.39 is 54.0 Å². The molecule has 1 aliphatic carbocycles. The first-order chi connectivity index (χ1) is 18.5. The van der Waals surface area contributed by atoms with Crippen molar-refractivity contribution >= 4 is 17.5 Å². The van der Waals surface area contributed by atoms with E-state index in [1.807, 2.05) is 0 Å². The third-order valence-electron chi connectivity index (χ3n) is 7.04. The van der Waals surface area contributed by atoms with E-state index in [0.717, 1.165) is 5.56 Å². The van der Waals surface area contributed by atoms with E-state index in [0.29, 0.717) is 0 Å². The maximum atomic E-state index is 13.9. The summed E-state index contributed by atoms with van der Waals surface area (Å²) in [5.74, 6) is -2.23. The van der Waals surface area contributed by atoms with Crippen molar-refractivity contribution in [3.8, 4) is 17.2 Å². The Balaban J connectivity index is 1.69. The van der Waals surface area contributed by atoms with Crippen LogP contribution in [0.5, 0.6) is 17.2 Å². The van der Waals surface area contributed by atoms with Gasteiger partial charge in [-0.1, -0.05) is 0 Å². The van der Waals surface area contributed by atoms with Crippen molar-refractivity contribution in [1.82, 2.24) is 4.98 Å². The van der Waals surface area contributed by atoms with Crippen LogP contribution in [0.15, 0.2) is 36.7 Å². The van der Waals surface area contributed by atoms with Gasteiger partial charge in [0.05, 0.1) is 11.7 Å². The molecule has 11 heteroatoms. The molecule has 2 heterocycles. The zero-order chi connectivity index (χ0) is 28.2. The average molecular weight is 538 g/mol. The van der Waals surface area contributed by atoms with Crippen LogP contribution in [0.3, 0.4) is 0 Å². The Kier molecular flexibility index (Phi) is 6.77. The first-order valence-corrected chi connectivity index (χ1v) is 12.3. The molecule has 0 bridgehead atoms. The molecule has 2 aromatic carbocycles. The Bertz CT molecular complexity index is 1480. The Hall–Kier alpha value is -4.03. The van der Waals surface area contributed by atoms with Crippen molar-refractivity contribution in [2.75, 3.05) is 0 Å². The highest BCUT2D eigenvalue weighted by Gasteiger charge is 2.44. The van der Waals surface area contributed by atoms with Gasteiger partial charge in [0.1, 0.15) is 35.6 Å². The molecule has 0 saturated carbocycles. The Morgan fingerprint density at radius 3 is 2.41 bits per heavy atom. The van der Waals surface area contributed by atoms with Gasteiger partial charge in [-0.15, -0.1) is 0 Å². The number of carbonyl (C=O) groups is 3. The number of aliphatic hydroxyl groups excluding tert-OH is 3. The lowest BCUT2D eigenvalue weighted by molar-refractivity contribution is -0.268. The average Bonchev–Trinajstić information content (AvgIpc) is 3.41. The number of aromatic amines is 1. The van der Waals surface area contributed by atoms with E-state index in [1.54, 1.807) is 18.5 Å². The van der Waals surface area contributed by atoms with Gasteiger partial charge in [-0.2, -0.15) is 0 Å². The molecular weight excluding hydrogens is 510 g/mol. The van der Waals surface area contributed by atoms with Crippen LogP contribution in [-0.2, 0) is 16.0 Å². The van der Waals surface area contributed by atoms with E-state index in [1.165, 1.54) is 39.0 Å². The number of esters is 1. The van der Waals surface area contributed by atoms with Gasteiger partial charge < -0.3 is 39.6 Å². The first-order valence-electron chi connectivity index (χ1n) is 12.3. The number of ether oxygens (including phenoxy) is 3. The molecule has 1 aliphatic heterocycles. The number of H-pyrrole nitrogens is 1. The summed E-state index contributed by atoms with van der Waals surface area (Å²) in [4.78, 5) is 41.9. The normalized spacial score (nSPS) is 24.2. The second-order valence-electron chi connectivity index (χ2n) is 9.69. The van der Waals surface area contributed by atoms with E-state index in [4.69, 9.17) is 14.2 Å². The lowest BCUT2D eigenvalue weighted by Gasteiger charge is -2.39. The summed E-state index contributed by atoms with van der Waals surface area (Å²) in [5.41, 5.74) is 0.798. The van der Waals surface area contributed by atoms with E-state index in [9.17, 15) is 34.8 Å². The van der Waals surface area contributed by atoms with Crippen molar-refractivity contribution in [2.45, 2.75) is 57.9 Å². The number of aliphatic hydroxyl groups is 3. The zero-order valence-electron chi connectivity index (χ0n) is 21.3. The number of phenolic OH excluding ortho intramolecular Hbond substituents is 1. The highest BCUT2D eigenvalue weighted by Crippen LogP contribution is 2.45. The fraction of sp³-hybridized carbons (Fsp3) is 0.321. The summed E-state index contributed by atoms with van der Waals surface area (Å²) in [6.45, 7) is 4.19. The second-order valence-corrected chi connectivity index (χ2v) is 9.69. The molecule has 39 heavy (non-hydrogen) atoms. The van der Waals surface area contributed by atoms with Gasteiger partial charge in [-0.05, 0) is 43.7 Å². The number of hydrogen-bond donors (Lipinski definition) is 5. The quantitative estimate of drug-likeness (QED) is 0.185. The first kappa shape index (κ1) is 26.6. The molecule has 204 valence electrons. The van der Waals surface area contributed by atoms with Crippen LogP contribution in [0.25, 0.3) is 0 Å². The lowest BCUT2D eigenvalue weighted by atomic mass is 9.78. The Morgan fingerprint density at radius 2 is 1.74 bits per heavy atom. The number of aromatic nitrogens is 1. The Labute approximate surface area is 222 Å². The van der Waals surface area contributed by atoms with Crippen LogP contribution in [0.1, 0.15) is 62.4 Å². The fourth-order valence-electron chi connectivity index (χ4n) is 5.01. The third kappa shape index (κ3) is 4.49. The van der Waals surface area contributed by atoms with Crippen molar-refractivity contribution in [3.05, 3.63) is 75.6 Å². The second kappa shape index (κ2) is 9.93. The van der Waals surface area contributed by atoms with Gasteiger partial charge in [0.15, 0.2) is 11.6 Å². The molecule has 3 aromatic rings. The van der Waals surface area contributed by atoms with Gasteiger partial charge in [0, 0.05) is 53.6 Å². The van der Waals surface area contributed by atoms with E-state index in [2.05, 4.69) is 4.98 Å². The summed E-state index contributed by atoms with van der Waals surface area (Å²) >= 11 is 0. The van der Waals surface area contributed by atoms with Gasteiger partial charge in [-0.3, -0.25) is 14.4 Å². The number of ketones is 2. The molecule has 1 saturated heterocycles. The minimum atomic E-state index is -1.65. The van der Waals surface area contributed by atoms with Crippen LogP contribution in [0.4, 0.5) is 0 Å². The third-order valence-corrected chi connectivity index (χ3v) is 7.04. The summed E-state index contributed by atoms with van der Waals surface area (Å²) in [5, 5.41) is 42.1. The van der Waals surface area contributed by atoms with Crippen molar-refractivity contribution in [2.24, 2.45) is 0 Å². The molecule has 5 atom stereocenters. The monoisotopic (exact) mass is 537 g/mol. The number of carbonyl (C=O) groups excluding carboxylic acids is 3. The smallest absolute Gasteiger partial charge is 0.308 e. The number of fused-ring (bicyclic) bond motifs is 2. The molecule has 0 unspecified atom stereocenters. The highest BCUT2D eigenvalue weighted by atomic mass is 16.7. The van der Waals surface area contributed by atoms with Crippen LogP contribution in [0, 0.1) is 6.92 Å². The molecule has 0 spiro atoms. The molecule has 1 aromatic heterocycles. The molecule has 0 radical (unpaired) electrons. The standard InChI is InChI=1S/C28H27NO10/c1-11-21(31)20-19(24(34)17-9-15(38-13(3)30)4-5-16(17)23(20)33)18(8-14-6-7-29-10-14)27(11)39-28-26(36)25(35)22(32)12(2)37-28/h4-7,9-10,12,22,25-26,28-29,31-32,35-36H,8H2,1-3H3/t12-,22+,25+,26+,28+/m0/s1. The molecule has 5 N–H and O–H groups in total. The van der Waals surface area contributed by atoms with Gasteiger partial charge >= 0.3 is 5.97 Å². The number of hydrogen-bond acceptors (Lipinski definition) is 10. The predicted octanol–water partition coefficient (Wildman–Crippen LogP) is 1.53. The molecular formula is C28H27NO10. The molecule has 1 fully saturated rings. The predicted molar refractivity (Wildman–Crippen MR) is 134 cm³/mol. The molecule has 2 aliphatic rings. The van der Waals surface area contributed by atoms with Crippen molar-refractivity contribution in [1.29, 1.82) is 0 Å². The maximum absolute atomic E-state index is 13.9. The maximum Gasteiger partial charge on any atom is 0.308 e. The van der Waals surface area contributed by atoms with E-state index >= 15 is 0 Å². The van der Waals surface area contributed by atoms with Gasteiger partial charge in [0.2, 0.25) is 6.29 Å². The van der Waals surface area contributed by atoms with Crippen LogP contribution in [-0.4, -0.2) is 73.7 Å². The number of nitrogens with one attached hydrogen (secondary N) is 1. The molecule has 0 amide bonds.